The maximum Gasteiger partial charge on any atom is 0.167 e. The van der Waals surface area contributed by atoms with Crippen LogP contribution in [-0.2, 0) is 11.2 Å². The zero-order chi connectivity index (χ0) is 15.9. The molecule has 3 heterocycles. The molecule has 1 aliphatic heterocycles. The number of aliphatic hydroxyl groups excluding tert-OH is 4. The number of hydrogen-bond acceptors (Lipinski definition) is 9. The fourth-order valence-electron chi connectivity index (χ4n) is 2.49. The number of nitrogens with two attached hydrogens (primary N) is 1. The maximum absolute atomic E-state index is 10.1. The van der Waals surface area contributed by atoms with E-state index in [1.807, 2.05) is 0 Å². The summed E-state index contributed by atoms with van der Waals surface area (Å²) in [5, 5.41) is 38.1. The predicted molar refractivity (Wildman–Crippen MR) is 73.5 cm³/mol. The molecule has 1 saturated heterocycles. The molecule has 1 aliphatic rings. The molecule has 0 amide bonds. The minimum Gasteiger partial charge on any atom is -0.396 e. The van der Waals surface area contributed by atoms with Crippen molar-refractivity contribution in [3.05, 3.63) is 12.2 Å². The van der Waals surface area contributed by atoms with Gasteiger partial charge in [0, 0.05) is 6.42 Å². The molecule has 2 unspecified atom stereocenters. The van der Waals surface area contributed by atoms with Crippen molar-refractivity contribution in [1.29, 1.82) is 0 Å². The Kier molecular flexibility index (Phi) is 3.93. The molecular weight excluding hydrogens is 294 g/mol. The first-order valence-corrected chi connectivity index (χ1v) is 6.79. The van der Waals surface area contributed by atoms with E-state index in [2.05, 4.69) is 15.0 Å². The molecule has 6 N–H and O–H groups in total. The zero-order valence-corrected chi connectivity index (χ0v) is 11.6. The average molecular weight is 311 g/mol. The predicted octanol–water partition coefficient (Wildman–Crippen LogP) is -2.45. The van der Waals surface area contributed by atoms with Gasteiger partial charge in [0.15, 0.2) is 17.7 Å². The number of nitrogens with zero attached hydrogens (tertiary/aromatic N) is 4. The van der Waals surface area contributed by atoms with Crippen molar-refractivity contribution in [2.45, 2.75) is 31.0 Å². The fourth-order valence-corrected chi connectivity index (χ4v) is 2.49. The van der Waals surface area contributed by atoms with E-state index in [1.165, 1.54) is 10.9 Å². The Labute approximate surface area is 124 Å². The largest absolute Gasteiger partial charge is 0.396 e. The molecule has 2 aromatic heterocycles. The Hall–Kier alpha value is -1.85. The Morgan fingerprint density at radius 3 is 2.64 bits per heavy atom. The lowest BCUT2D eigenvalue weighted by molar-refractivity contribution is -0.0511. The first kappa shape index (κ1) is 15.1. The van der Waals surface area contributed by atoms with Gasteiger partial charge in [0.2, 0.25) is 0 Å². The summed E-state index contributed by atoms with van der Waals surface area (Å²) < 4.78 is 6.88. The highest BCUT2D eigenvalue weighted by molar-refractivity contribution is 5.81. The van der Waals surface area contributed by atoms with Crippen LogP contribution in [0, 0.1) is 0 Å². The van der Waals surface area contributed by atoms with Crippen LogP contribution in [-0.4, -0.2) is 71.5 Å². The molecule has 2 aromatic rings. The van der Waals surface area contributed by atoms with E-state index < -0.39 is 31.1 Å². The van der Waals surface area contributed by atoms with Crippen LogP contribution in [0.25, 0.3) is 11.2 Å². The second-order valence-electron chi connectivity index (χ2n) is 5.05. The van der Waals surface area contributed by atoms with Gasteiger partial charge in [-0.2, -0.15) is 0 Å². The van der Waals surface area contributed by atoms with Crippen molar-refractivity contribution in [1.82, 2.24) is 19.5 Å². The van der Waals surface area contributed by atoms with Crippen molar-refractivity contribution in [2.75, 3.05) is 18.9 Å². The lowest BCUT2D eigenvalue weighted by Crippen LogP contribution is -2.33. The van der Waals surface area contributed by atoms with Crippen molar-refractivity contribution in [3.8, 4) is 0 Å². The smallest absolute Gasteiger partial charge is 0.167 e. The average Bonchev–Trinajstić information content (AvgIpc) is 3.03. The minimum absolute atomic E-state index is 0.132. The second kappa shape index (κ2) is 5.74. The van der Waals surface area contributed by atoms with Crippen LogP contribution >= 0.6 is 0 Å². The summed E-state index contributed by atoms with van der Waals surface area (Å²) in [6.07, 6.45) is -2.71. The van der Waals surface area contributed by atoms with E-state index in [9.17, 15) is 10.2 Å². The summed E-state index contributed by atoms with van der Waals surface area (Å²) in [5.41, 5.74) is 6.47. The topological polar surface area (TPSA) is 160 Å². The fraction of sp³-hybridized carbons (Fsp3) is 0.583. The number of rotatable bonds is 4. The third-order valence-electron chi connectivity index (χ3n) is 3.62. The molecule has 0 saturated carbocycles. The van der Waals surface area contributed by atoms with Crippen LogP contribution in [0.5, 0.6) is 0 Å². The minimum atomic E-state index is -1.24. The van der Waals surface area contributed by atoms with Gasteiger partial charge in [-0.15, -0.1) is 0 Å². The molecule has 0 radical (unpaired) electrons. The van der Waals surface area contributed by atoms with E-state index in [0.717, 1.165) is 0 Å². The number of aromatic nitrogens is 4. The summed E-state index contributed by atoms with van der Waals surface area (Å²) >= 11 is 0. The van der Waals surface area contributed by atoms with E-state index >= 15 is 0 Å². The summed E-state index contributed by atoms with van der Waals surface area (Å²) in [4.78, 5) is 12.4. The van der Waals surface area contributed by atoms with E-state index in [1.54, 1.807) is 0 Å². The van der Waals surface area contributed by atoms with Gasteiger partial charge < -0.3 is 30.9 Å². The standard InChI is InChI=1S/C12H17N5O5/c13-10-7-11(16-6(15-10)1-2-18)17(4-14-7)12-9(21)8(20)5(3-19)22-12/h4-5,8-9,12,18-21H,1-3H2,(H2,13,15,16)/t5-,8?,9?,12-/m1/s1. The molecule has 0 bridgehead atoms. The van der Waals surface area contributed by atoms with Crippen LogP contribution in [0.3, 0.4) is 0 Å². The van der Waals surface area contributed by atoms with Gasteiger partial charge in [-0.3, -0.25) is 4.57 Å². The van der Waals surface area contributed by atoms with Crippen LogP contribution in [0.1, 0.15) is 12.1 Å². The number of hydrogen-bond donors (Lipinski definition) is 5. The van der Waals surface area contributed by atoms with E-state index in [0.29, 0.717) is 17.0 Å². The number of fused-ring (bicyclic) bond motifs is 1. The van der Waals surface area contributed by atoms with Gasteiger partial charge in [-0.25, -0.2) is 15.0 Å². The maximum atomic E-state index is 10.1. The number of anilines is 1. The van der Waals surface area contributed by atoms with Gasteiger partial charge in [-0.05, 0) is 0 Å². The van der Waals surface area contributed by atoms with E-state index in [4.69, 9.17) is 20.7 Å². The Bertz CT molecular complexity index is 677. The molecule has 0 aromatic carbocycles. The van der Waals surface area contributed by atoms with Crippen molar-refractivity contribution >= 4 is 17.0 Å². The van der Waals surface area contributed by atoms with Crippen LogP contribution in [0.15, 0.2) is 6.33 Å². The van der Waals surface area contributed by atoms with Gasteiger partial charge in [0.1, 0.15) is 29.7 Å². The summed E-state index contributed by atoms with van der Waals surface area (Å²) in [6.45, 7) is -0.554. The molecule has 1 fully saturated rings. The second-order valence-corrected chi connectivity index (χ2v) is 5.05. The monoisotopic (exact) mass is 311 g/mol. The summed E-state index contributed by atoms with van der Waals surface area (Å²) in [6, 6.07) is 0. The SMILES string of the molecule is Nc1nc(CCO)nc2c1ncn2[C@@H]1O[C@H](CO)C(O)C1O. The summed E-state index contributed by atoms with van der Waals surface area (Å²) in [5.74, 6) is 0.486. The zero-order valence-electron chi connectivity index (χ0n) is 11.6. The molecule has 0 spiro atoms. The van der Waals surface area contributed by atoms with Crippen LogP contribution in [0.4, 0.5) is 5.82 Å². The first-order valence-electron chi connectivity index (χ1n) is 6.79. The van der Waals surface area contributed by atoms with Gasteiger partial charge >= 0.3 is 0 Å². The number of aliphatic hydroxyl groups is 4. The molecule has 120 valence electrons. The molecule has 22 heavy (non-hydrogen) atoms. The van der Waals surface area contributed by atoms with Crippen LogP contribution in [0.2, 0.25) is 0 Å². The molecule has 0 aliphatic carbocycles. The number of ether oxygens (including phenoxy) is 1. The third-order valence-corrected chi connectivity index (χ3v) is 3.62. The number of nitrogen functional groups attached to an aromatic ring is 1. The van der Waals surface area contributed by atoms with Gasteiger partial charge in [0.05, 0.1) is 19.5 Å². The first-order chi connectivity index (χ1) is 10.6. The lowest BCUT2D eigenvalue weighted by atomic mass is 10.1. The highest BCUT2D eigenvalue weighted by Crippen LogP contribution is 2.31. The van der Waals surface area contributed by atoms with Crippen molar-refractivity contribution < 1.29 is 25.2 Å². The normalized spacial score (nSPS) is 28.5. The molecule has 10 heteroatoms. The van der Waals surface area contributed by atoms with Crippen LogP contribution < -0.4 is 5.73 Å². The van der Waals surface area contributed by atoms with Crippen molar-refractivity contribution in [3.63, 3.8) is 0 Å². The third kappa shape index (κ3) is 2.30. The molecule has 3 rings (SSSR count). The van der Waals surface area contributed by atoms with Gasteiger partial charge in [-0.1, -0.05) is 0 Å². The Morgan fingerprint density at radius 2 is 2.00 bits per heavy atom. The summed E-state index contributed by atoms with van der Waals surface area (Å²) in [7, 11) is 0. The van der Waals surface area contributed by atoms with Crippen molar-refractivity contribution in [2.24, 2.45) is 0 Å². The van der Waals surface area contributed by atoms with Gasteiger partial charge in [0.25, 0.3) is 0 Å². The highest BCUT2D eigenvalue weighted by Gasteiger charge is 2.44. The molecular formula is C12H17N5O5. The molecule has 10 nitrogen and oxygen atoms in total. The Balaban J connectivity index is 2.04. The number of imidazole rings is 1. The lowest BCUT2D eigenvalue weighted by Gasteiger charge is -2.16. The quantitative estimate of drug-likeness (QED) is 0.413. The Morgan fingerprint density at radius 1 is 1.23 bits per heavy atom. The highest BCUT2D eigenvalue weighted by atomic mass is 16.6. The van der Waals surface area contributed by atoms with E-state index in [-0.39, 0.29) is 18.8 Å². The molecule has 4 atom stereocenters.